The van der Waals surface area contributed by atoms with Crippen LogP contribution in [0.15, 0.2) is 11.7 Å². The first-order chi connectivity index (χ1) is 8.80. The van der Waals surface area contributed by atoms with Gasteiger partial charge in [0.15, 0.2) is 0 Å². The van der Waals surface area contributed by atoms with E-state index in [1.807, 2.05) is 18.8 Å². The molecule has 1 N–H and O–H groups in total. The second-order valence-electron chi connectivity index (χ2n) is 5.20. The van der Waals surface area contributed by atoms with Crippen LogP contribution in [0.3, 0.4) is 0 Å². The van der Waals surface area contributed by atoms with Crippen molar-refractivity contribution in [1.29, 1.82) is 0 Å². The van der Waals surface area contributed by atoms with Crippen LogP contribution in [0, 0.1) is 0 Å². The van der Waals surface area contributed by atoms with Crippen LogP contribution in [0.1, 0.15) is 43.4 Å². The molecule has 0 radical (unpaired) electrons. The molecule has 1 fully saturated rings. The highest BCUT2D eigenvalue weighted by Crippen LogP contribution is 2.34. The highest BCUT2D eigenvalue weighted by atomic mass is 32.1. The summed E-state index contributed by atoms with van der Waals surface area (Å²) in [7, 11) is 3.93. The van der Waals surface area contributed by atoms with Crippen molar-refractivity contribution in [3.8, 4) is 0 Å². The van der Waals surface area contributed by atoms with Gasteiger partial charge in [0.2, 0.25) is 0 Å². The highest BCUT2D eigenvalue weighted by molar-refractivity contribution is 7.09. The molecule has 1 heterocycles. The van der Waals surface area contributed by atoms with E-state index < -0.39 is 0 Å². The van der Waals surface area contributed by atoms with Crippen LogP contribution in [0.2, 0.25) is 0 Å². The summed E-state index contributed by atoms with van der Waals surface area (Å²) in [5, 5.41) is 3.48. The van der Waals surface area contributed by atoms with Crippen LogP contribution >= 0.6 is 11.3 Å². The van der Waals surface area contributed by atoms with Gasteiger partial charge in [0, 0.05) is 30.6 Å². The number of thiazole rings is 1. The molecule has 1 aromatic rings. The fraction of sp³-hybridized carbons (Fsp3) is 0.786. The Morgan fingerprint density at radius 1 is 1.39 bits per heavy atom. The molecule has 1 aliphatic rings. The Kier molecular flexibility index (Phi) is 5.15. The molecule has 0 amide bonds. The Morgan fingerprint density at radius 3 is 2.61 bits per heavy atom. The Balaban J connectivity index is 2.11. The molecule has 4 heteroatoms. The number of nitrogens with one attached hydrogen (secondary N) is 1. The standard InChI is InChI=1S/C14H24N2OS/c1-15-13(9-12-10-16-11-18-12)14(17-2)7-5-3-4-6-8-14/h10-11,13,15H,3-9H2,1-2H3. The lowest BCUT2D eigenvalue weighted by atomic mass is 9.84. The number of aromatic nitrogens is 1. The zero-order chi connectivity index (χ0) is 12.8. The minimum absolute atomic E-state index is 0.00917. The molecule has 0 aliphatic heterocycles. The molecule has 1 saturated carbocycles. The van der Waals surface area contributed by atoms with Gasteiger partial charge in [-0.25, -0.2) is 0 Å². The van der Waals surface area contributed by atoms with Gasteiger partial charge in [-0.05, 0) is 19.9 Å². The molecule has 0 saturated heterocycles. The van der Waals surface area contributed by atoms with Crippen molar-refractivity contribution >= 4 is 11.3 Å². The number of rotatable bonds is 5. The van der Waals surface area contributed by atoms with E-state index in [0.29, 0.717) is 6.04 Å². The minimum Gasteiger partial charge on any atom is -0.377 e. The third-order valence-electron chi connectivity index (χ3n) is 4.23. The van der Waals surface area contributed by atoms with Crippen molar-refractivity contribution in [3.63, 3.8) is 0 Å². The summed E-state index contributed by atoms with van der Waals surface area (Å²) >= 11 is 1.74. The highest BCUT2D eigenvalue weighted by Gasteiger charge is 2.38. The molecule has 102 valence electrons. The van der Waals surface area contributed by atoms with Crippen LogP contribution < -0.4 is 5.32 Å². The van der Waals surface area contributed by atoms with E-state index in [4.69, 9.17) is 4.74 Å². The summed E-state index contributed by atoms with van der Waals surface area (Å²) in [6.07, 6.45) is 10.6. The van der Waals surface area contributed by atoms with Gasteiger partial charge >= 0.3 is 0 Å². The van der Waals surface area contributed by atoms with E-state index >= 15 is 0 Å². The topological polar surface area (TPSA) is 34.2 Å². The molecule has 1 unspecified atom stereocenters. The Bertz CT molecular complexity index is 332. The number of hydrogen-bond acceptors (Lipinski definition) is 4. The van der Waals surface area contributed by atoms with Crippen LogP contribution in [0.4, 0.5) is 0 Å². The SMILES string of the molecule is CNC(Cc1cncs1)C1(OC)CCCCCC1. The van der Waals surface area contributed by atoms with E-state index in [1.54, 1.807) is 11.3 Å². The van der Waals surface area contributed by atoms with Crippen molar-refractivity contribution in [2.24, 2.45) is 0 Å². The largest absolute Gasteiger partial charge is 0.377 e. The summed E-state index contributed by atoms with van der Waals surface area (Å²) in [4.78, 5) is 5.51. The van der Waals surface area contributed by atoms with Gasteiger partial charge in [0.1, 0.15) is 0 Å². The Hall–Kier alpha value is -0.450. The molecule has 0 aromatic carbocycles. The zero-order valence-electron chi connectivity index (χ0n) is 11.4. The molecule has 18 heavy (non-hydrogen) atoms. The normalized spacial score (nSPS) is 21.4. The third kappa shape index (κ3) is 3.11. The average molecular weight is 268 g/mol. The Morgan fingerprint density at radius 2 is 2.11 bits per heavy atom. The van der Waals surface area contributed by atoms with Gasteiger partial charge in [-0.3, -0.25) is 4.98 Å². The van der Waals surface area contributed by atoms with Gasteiger partial charge in [0.05, 0.1) is 11.1 Å². The minimum atomic E-state index is 0.00917. The molecule has 1 aromatic heterocycles. The van der Waals surface area contributed by atoms with Gasteiger partial charge in [-0.1, -0.05) is 25.7 Å². The number of likely N-dealkylation sites (N-methyl/N-ethyl adjacent to an activating group) is 1. The van der Waals surface area contributed by atoms with E-state index in [1.165, 1.54) is 43.4 Å². The van der Waals surface area contributed by atoms with Crippen LogP contribution in [-0.2, 0) is 11.2 Å². The number of ether oxygens (including phenoxy) is 1. The summed E-state index contributed by atoms with van der Waals surface area (Å²) < 4.78 is 5.98. The summed E-state index contributed by atoms with van der Waals surface area (Å²) in [6.45, 7) is 0. The second-order valence-corrected chi connectivity index (χ2v) is 6.17. The van der Waals surface area contributed by atoms with Gasteiger partial charge in [-0.2, -0.15) is 0 Å². The predicted octanol–water partition coefficient (Wildman–Crippen LogP) is 3.01. The monoisotopic (exact) mass is 268 g/mol. The molecular weight excluding hydrogens is 244 g/mol. The zero-order valence-corrected chi connectivity index (χ0v) is 12.3. The van der Waals surface area contributed by atoms with Crippen LogP contribution in [0.5, 0.6) is 0 Å². The quantitative estimate of drug-likeness (QED) is 0.834. The fourth-order valence-electron chi connectivity index (χ4n) is 3.12. The van der Waals surface area contributed by atoms with Crippen LogP contribution in [-0.4, -0.2) is 30.8 Å². The number of methoxy groups -OCH3 is 1. The molecule has 0 bridgehead atoms. The molecule has 2 rings (SSSR count). The first-order valence-corrected chi connectivity index (χ1v) is 7.78. The van der Waals surface area contributed by atoms with Crippen molar-refractivity contribution in [2.45, 2.75) is 56.6 Å². The van der Waals surface area contributed by atoms with Crippen molar-refractivity contribution in [1.82, 2.24) is 10.3 Å². The second kappa shape index (κ2) is 6.64. The third-order valence-corrected chi connectivity index (χ3v) is 5.03. The smallest absolute Gasteiger partial charge is 0.0834 e. The summed E-state index contributed by atoms with van der Waals surface area (Å²) in [6, 6.07) is 0.390. The maximum atomic E-state index is 5.98. The average Bonchev–Trinajstić information content (AvgIpc) is 2.79. The molecular formula is C14H24N2OS. The predicted molar refractivity (Wildman–Crippen MR) is 76.1 cm³/mol. The number of hydrogen-bond donors (Lipinski definition) is 1. The summed E-state index contributed by atoms with van der Waals surface area (Å²) in [5.41, 5.74) is 1.92. The van der Waals surface area contributed by atoms with E-state index in [2.05, 4.69) is 17.3 Å². The lowest BCUT2D eigenvalue weighted by Crippen LogP contribution is -2.51. The first kappa shape index (κ1) is 14.0. The van der Waals surface area contributed by atoms with E-state index in [9.17, 15) is 0 Å². The van der Waals surface area contributed by atoms with Crippen LogP contribution in [0.25, 0.3) is 0 Å². The van der Waals surface area contributed by atoms with Crippen molar-refractivity contribution < 1.29 is 4.74 Å². The lowest BCUT2D eigenvalue weighted by Gasteiger charge is -2.39. The maximum Gasteiger partial charge on any atom is 0.0834 e. The molecule has 1 atom stereocenters. The summed E-state index contributed by atoms with van der Waals surface area (Å²) in [5.74, 6) is 0. The molecule has 0 spiro atoms. The van der Waals surface area contributed by atoms with E-state index in [-0.39, 0.29) is 5.60 Å². The van der Waals surface area contributed by atoms with E-state index in [0.717, 1.165) is 6.42 Å². The van der Waals surface area contributed by atoms with Crippen molar-refractivity contribution in [3.05, 3.63) is 16.6 Å². The Labute approximate surface area is 114 Å². The van der Waals surface area contributed by atoms with Gasteiger partial charge in [-0.15, -0.1) is 11.3 Å². The molecule has 3 nitrogen and oxygen atoms in total. The van der Waals surface area contributed by atoms with Crippen molar-refractivity contribution in [2.75, 3.05) is 14.2 Å². The molecule has 1 aliphatic carbocycles. The van der Waals surface area contributed by atoms with Gasteiger partial charge < -0.3 is 10.1 Å². The lowest BCUT2D eigenvalue weighted by molar-refractivity contribution is -0.0507. The van der Waals surface area contributed by atoms with Gasteiger partial charge in [0.25, 0.3) is 0 Å². The number of nitrogens with zero attached hydrogens (tertiary/aromatic N) is 1. The maximum absolute atomic E-state index is 5.98. The first-order valence-electron chi connectivity index (χ1n) is 6.90. The fourth-order valence-corrected chi connectivity index (χ4v) is 3.76.